The van der Waals surface area contributed by atoms with E-state index in [1.807, 2.05) is 20.8 Å². The van der Waals surface area contributed by atoms with Crippen molar-refractivity contribution in [2.45, 2.75) is 58.1 Å². The van der Waals surface area contributed by atoms with Crippen molar-refractivity contribution in [1.29, 1.82) is 0 Å². The molecule has 2 rings (SSSR count). The average Bonchev–Trinajstić information content (AvgIpc) is 2.66. The van der Waals surface area contributed by atoms with Crippen LogP contribution in [0.3, 0.4) is 0 Å². The number of piperidine rings is 1. The Balaban J connectivity index is 1.91. The molecule has 1 aliphatic heterocycles. The van der Waals surface area contributed by atoms with Gasteiger partial charge in [0, 0.05) is 25.7 Å². The average molecular weight is 284 g/mol. The number of likely N-dealkylation sites (tertiary alicyclic amines) is 1. The van der Waals surface area contributed by atoms with Crippen molar-refractivity contribution in [2.75, 3.05) is 19.7 Å². The van der Waals surface area contributed by atoms with E-state index in [0.29, 0.717) is 13.1 Å². The maximum Gasteiger partial charge on any atom is 0.410 e. The third-order valence-electron chi connectivity index (χ3n) is 4.87. The third kappa shape index (κ3) is 3.09. The Morgan fingerprint density at radius 1 is 1.35 bits per heavy atom. The van der Waals surface area contributed by atoms with E-state index < -0.39 is 5.60 Å². The van der Waals surface area contributed by atoms with Gasteiger partial charge in [-0.1, -0.05) is 0 Å². The molecule has 2 fully saturated rings. The number of carbonyl (C=O) groups excluding carboxylic acids is 1. The highest BCUT2D eigenvalue weighted by Crippen LogP contribution is 2.48. The van der Waals surface area contributed by atoms with Crippen molar-refractivity contribution < 1.29 is 14.6 Å². The molecule has 116 valence electrons. The summed E-state index contributed by atoms with van der Waals surface area (Å²) >= 11 is 0. The van der Waals surface area contributed by atoms with Gasteiger partial charge in [-0.3, -0.25) is 0 Å². The van der Waals surface area contributed by atoms with Crippen LogP contribution >= 0.6 is 0 Å². The molecule has 1 aliphatic carbocycles. The lowest BCUT2D eigenvalue weighted by Crippen LogP contribution is -2.51. The molecule has 0 aromatic rings. The fourth-order valence-corrected chi connectivity index (χ4v) is 3.57. The summed E-state index contributed by atoms with van der Waals surface area (Å²) in [5.41, 5.74) is 6.00. The lowest BCUT2D eigenvalue weighted by Gasteiger charge is -2.42. The molecule has 0 aromatic carbocycles. The lowest BCUT2D eigenvalue weighted by atomic mass is 9.73. The minimum atomic E-state index is -0.446. The predicted octanol–water partition coefficient (Wildman–Crippen LogP) is 1.73. The molecule has 0 radical (unpaired) electrons. The second kappa shape index (κ2) is 5.53. The highest BCUT2D eigenvalue weighted by Gasteiger charge is 2.48. The standard InChI is InChI=1S/C15H28N2O3/c1-14(2,3)20-13(19)17-8-6-15(7-9-17)5-4-11(10-18)12(15)16/h11-12,18H,4-10,16H2,1-3H3. The van der Waals surface area contributed by atoms with Crippen molar-refractivity contribution in [2.24, 2.45) is 17.1 Å². The molecule has 2 unspecified atom stereocenters. The number of rotatable bonds is 1. The summed E-state index contributed by atoms with van der Waals surface area (Å²) in [7, 11) is 0. The second-order valence-electron chi connectivity index (χ2n) is 7.34. The minimum absolute atomic E-state index is 0.0632. The highest BCUT2D eigenvalue weighted by molar-refractivity contribution is 5.68. The van der Waals surface area contributed by atoms with Crippen molar-refractivity contribution in [3.8, 4) is 0 Å². The van der Waals surface area contributed by atoms with Crippen LogP contribution < -0.4 is 5.73 Å². The minimum Gasteiger partial charge on any atom is -0.444 e. The number of carbonyl (C=O) groups is 1. The number of hydrogen-bond donors (Lipinski definition) is 2. The van der Waals surface area contributed by atoms with Crippen LogP contribution in [0.2, 0.25) is 0 Å². The van der Waals surface area contributed by atoms with Crippen LogP contribution in [0.4, 0.5) is 4.79 Å². The molecular formula is C15H28N2O3. The van der Waals surface area contributed by atoms with E-state index in [2.05, 4.69) is 0 Å². The molecule has 2 atom stereocenters. The molecule has 20 heavy (non-hydrogen) atoms. The lowest BCUT2D eigenvalue weighted by molar-refractivity contribution is 0.00745. The first-order chi connectivity index (χ1) is 9.27. The van der Waals surface area contributed by atoms with Gasteiger partial charge in [-0.2, -0.15) is 0 Å². The Hall–Kier alpha value is -0.810. The van der Waals surface area contributed by atoms with Gasteiger partial charge in [0.05, 0.1) is 0 Å². The monoisotopic (exact) mass is 284 g/mol. The number of amides is 1. The molecule has 0 bridgehead atoms. The summed E-state index contributed by atoms with van der Waals surface area (Å²) in [4.78, 5) is 13.8. The van der Waals surface area contributed by atoms with Crippen LogP contribution in [0.5, 0.6) is 0 Å². The summed E-state index contributed by atoms with van der Waals surface area (Å²) < 4.78 is 5.41. The van der Waals surface area contributed by atoms with Crippen molar-refractivity contribution in [3.63, 3.8) is 0 Å². The zero-order chi connectivity index (χ0) is 15.0. The fraction of sp³-hybridized carbons (Fsp3) is 0.933. The summed E-state index contributed by atoms with van der Waals surface area (Å²) in [6.45, 7) is 7.25. The molecule has 1 saturated carbocycles. The van der Waals surface area contributed by atoms with E-state index in [9.17, 15) is 9.90 Å². The van der Waals surface area contributed by atoms with Crippen molar-refractivity contribution >= 4 is 6.09 Å². The van der Waals surface area contributed by atoms with Crippen molar-refractivity contribution in [3.05, 3.63) is 0 Å². The van der Waals surface area contributed by atoms with E-state index in [0.717, 1.165) is 25.7 Å². The molecule has 5 heteroatoms. The Kier molecular flexibility index (Phi) is 4.30. The summed E-state index contributed by atoms with van der Waals surface area (Å²) in [6, 6.07) is 0.0632. The van der Waals surface area contributed by atoms with Gasteiger partial charge in [-0.25, -0.2) is 4.79 Å². The van der Waals surface area contributed by atoms with Gasteiger partial charge in [0.25, 0.3) is 0 Å². The summed E-state index contributed by atoms with van der Waals surface area (Å²) in [5, 5.41) is 9.35. The zero-order valence-electron chi connectivity index (χ0n) is 12.9. The maximum absolute atomic E-state index is 12.1. The van der Waals surface area contributed by atoms with Gasteiger partial charge in [0.2, 0.25) is 0 Å². The number of ether oxygens (including phenoxy) is 1. The molecule has 1 heterocycles. The Morgan fingerprint density at radius 3 is 2.40 bits per heavy atom. The van der Waals surface area contributed by atoms with Gasteiger partial charge < -0.3 is 20.5 Å². The first-order valence-corrected chi connectivity index (χ1v) is 7.62. The predicted molar refractivity (Wildman–Crippen MR) is 77.3 cm³/mol. The van der Waals surface area contributed by atoms with Gasteiger partial charge in [-0.15, -0.1) is 0 Å². The summed E-state index contributed by atoms with van der Waals surface area (Å²) in [6.07, 6.45) is 3.69. The largest absolute Gasteiger partial charge is 0.444 e. The quantitative estimate of drug-likeness (QED) is 0.769. The first kappa shape index (κ1) is 15.6. The molecule has 2 aliphatic rings. The Labute approximate surface area is 121 Å². The Bertz CT molecular complexity index is 357. The molecule has 1 amide bonds. The number of aliphatic hydroxyl groups excluding tert-OH is 1. The van der Waals surface area contributed by atoms with E-state index in [4.69, 9.17) is 10.5 Å². The summed E-state index contributed by atoms with van der Waals surface area (Å²) in [5.74, 6) is 0.225. The molecule has 5 nitrogen and oxygen atoms in total. The number of nitrogens with two attached hydrogens (primary N) is 1. The van der Waals surface area contributed by atoms with E-state index in [1.54, 1.807) is 4.90 Å². The van der Waals surface area contributed by atoms with Crippen molar-refractivity contribution in [1.82, 2.24) is 4.90 Å². The van der Waals surface area contributed by atoms with Gasteiger partial charge in [-0.05, 0) is 57.8 Å². The van der Waals surface area contributed by atoms with E-state index in [-0.39, 0.29) is 30.1 Å². The number of hydrogen-bond acceptors (Lipinski definition) is 4. The Morgan fingerprint density at radius 2 is 1.95 bits per heavy atom. The van der Waals surface area contributed by atoms with Gasteiger partial charge in [0.1, 0.15) is 5.60 Å². The van der Waals surface area contributed by atoms with Crippen LogP contribution in [0.25, 0.3) is 0 Å². The van der Waals surface area contributed by atoms with Crippen LogP contribution in [0, 0.1) is 11.3 Å². The fourth-order valence-electron chi connectivity index (χ4n) is 3.57. The topological polar surface area (TPSA) is 75.8 Å². The molecule has 3 N–H and O–H groups in total. The molecule has 1 saturated heterocycles. The normalized spacial score (nSPS) is 29.8. The molecule has 1 spiro atoms. The van der Waals surface area contributed by atoms with Crippen LogP contribution in [0.15, 0.2) is 0 Å². The van der Waals surface area contributed by atoms with E-state index in [1.165, 1.54) is 0 Å². The SMILES string of the molecule is CC(C)(C)OC(=O)N1CCC2(CCC(CO)C2N)CC1. The number of nitrogens with zero attached hydrogens (tertiary/aromatic N) is 1. The first-order valence-electron chi connectivity index (χ1n) is 7.62. The van der Waals surface area contributed by atoms with Gasteiger partial charge >= 0.3 is 6.09 Å². The second-order valence-corrected chi connectivity index (χ2v) is 7.34. The van der Waals surface area contributed by atoms with Crippen LogP contribution in [0.1, 0.15) is 46.5 Å². The molecule has 0 aromatic heterocycles. The smallest absolute Gasteiger partial charge is 0.410 e. The molecular weight excluding hydrogens is 256 g/mol. The van der Waals surface area contributed by atoms with E-state index >= 15 is 0 Å². The third-order valence-corrected chi connectivity index (χ3v) is 4.87. The van der Waals surface area contributed by atoms with Crippen LogP contribution in [-0.4, -0.2) is 47.4 Å². The zero-order valence-corrected chi connectivity index (χ0v) is 12.9. The van der Waals surface area contributed by atoms with Gasteiger partial charge in [0.15, 0.2) is 0 Å². The maximum atomic E-state index is 12.1. The number of aliphatic hydroxyl groups is 1. The highest BCUT2D eigenvalue weighted by atomic mass is 16.6. The van der Waals surface area contributed by atoms with Crippen LogP contribution in [-0.2, 0) is 4.74 Å².